The second kappa shape index (κ2) is 13.2. The van der Waals surface area contributed by atoms with Crippen molar-refractivity contribution in [2.24, 2.45) is 0 Å². The zero-order valence-corrected chi connectivity index (χ0v) is 9.54. The van der Waals surface area contributed by atoms with Crippen LogP contribution in [-0.2, 0) is 33.9 Å². The molecule has 0 atom stereocenters. The summed E-state index contributed by atoms with van der Waals surface area (Å²) in [4.78, 5) is 0. The van der Waals surface area contributed by atoms with Gasteiger partial charge in [-0.2, -0.15) is 0 Å². The summed E-state index contributed by atoms with van der Waals surface area (Å²) in [6.45, 7) is 0. The van der Waals surface area contributed by atoms with E-state index in [9.17, 15) is 0 Å². The van der Waals surface area contributed by atoms with Crippen molar-refractivity contribution in [2.75, 3.05) is 25.0 Å². The molecule has 11 heavy (non-hydrogen) atoms. The first-order valence-electron chi connectivity index (χ1n) is 2.46. The highest BCUT2D eigenvalue weighted by atomic mass is 32.3. The van der Waals surface area contributed by atoms with E-state index >= 15 is 0 Å². The molecule has 72 valence electrons. The average molecular weight is 222 g/mol. The van der Waals surface area contributed by atoms with Gasteiger partial charge in [0.25, 0.3) is 0 Å². The average Bonchev–Trinajstić information content (AvgIpc) is 1.62. The van der Waals surface area contributed by atoms with E-state index in [1.165, 1.54) is 23.5 Å². The van der Waals surface area contributed by atoms with E-state index in [0.717, 1.165) is 0 Å². The maximum Gasteiger partial charge on any atom is 0.0949 e. The monoisotopic (exact) mass is 222 g/mol. The maximum absolute atomic E-state index is 8.52. The van der Waals surface area contributed by atoms with Crippen LogP contribution in [0.25, 0.3) is 0 Å². The highest BCUT2D eigenvalue weighted by Crippen LogP contribution is 1.57. The van der Waals surface area contributed by atoms with Gasteiger partial charge in [0.15, 0.2) is 0 Å². The molecule has 0 N–H and O–H groups in total. The van der Waals surface area contributed by atoms with E-state index in [4.69, 9.17) is 17.5 Å². The Morgan fingerprint density at radius 2 is 0.909 bits per heavy atom. The molecule has 0 rings (SSSR count). The molecule has 4 nitrogen and oxygen atoms in total. The van der Waals surface area contributed by atoms with E-state index in [2.05, 4.69) is 25.0 Å². The van der Waals surface area contributed by atoms with Crippen molar-refractivity contribution in [3.05, 3.63) is 0 Å². The zero-order valence-electron chi connectivity index (χ0n) is 6.94. The van der Waals surface area contributed by atoms with E-state index in [-0.39, 0.29) is 0 Å². The predicted octanol–water partition coefficient (Wildman–Crippen LogP) is -1.22. The van der Waals surface area contributed by atoms with E-state index in [1.54, 1.807) is 0 Å². The number of thiol groups is 2. The highest BCUT2D eigenvalue weighted by Gasteiger charge is 1.49. The molecule has 0 radical (unpaired) electrons. The summed E-state index contributed by atoms with van der Waals surface area (Å²) in [5.74, 6) is 0. The van der Waals surface area contributed by atoms with Gasteiger partial charge in [-0.05, 0) is 23.5 Å². The quantitative estimate of drug-likeness (QED) is 0.223. The van der Waals surface area contributed by atoms with Crippen LogP contribution in [0.15, 0.2) is 0 Å². The molecule has 0 saturated carbocycles. The predicted molar refractivity (Wildman–Crippen MR) is 51.7 cm³/mol. The molecule has 0 aromatic rings. The van der Waals surface area contributed by atoms with Gasteiger partial charge in [0.05, 0.1) is 25.0 Å². The second-order valence-corrected chi connectivity index (χ2v) is 3.91. The van der Waals surface area contributed by atoms with Crippen LogP contribution in [0.5, 0.6) is 0 Å². The zero-order chi connectivity index (χ0) is 9.91. The smallest absolute Gasteiger partial charge is 0.0949 e. The van der Waals surface area contributed by atoms with Crippen LogP contribution in [0.4, 0.5) is 0 Å². The lowest BCUT2D eigenvalue weighted by Gasteiger charge is -2.06. The Balaban J connectivity index is -0.0000000933. The fraction of sp³-hybridized carbons (Fsp3) is 1.00. The fourth-order valence-electron chi connectivity index (χ4n) is 0. The molecule has 0 unspecified atom stereocenters. The molecule has 0 amide bonds. The summed E-state index contributed by atoms with van der Waals surface area (Å²) in [5, 5.41) is 0. The lowest BCUT2D eigenvalue weighted by atomic mass is 11.9. The summed E-state index contributed by atoms with van der Waals surface area (Å²) in [6, 6.07) is 0. The van der Waals surface area contributed by atoms with E-state index < -0.39 is 10.4 Å². The summed E-state index contributed by atoms with van der Waals surface area (Å²) >= 11 is 2.83. The van der Waals surface area contributed by atoms with E-state index in [0.29, 0.717) is 0 Å². The van der Waals surface area contributed by atoms with Crippen molar-refractivity contribution in [3.8, 4) is 0 Å². The molecule has 7 heteroatoms. The molecule has 0 saturated heterocycles. The maximum atomic E-state index is 8.52. The molecule has 0 aliphatic rings. The minimum Gasteiger partial charge on any atom is -0.759 e. The molecule has 0 fully saturated rings. The molecular formula is C4H14O4S3. The van der Waals surface area contributed by atoms with Gasteiger partial charge in [-0.1, -0.05) is 0 Å². The fourth-order valence-corrected chi connectivity index (χ4v) is 0. The SMILES string of the molecule is C[SH+]C.C[SH+]C.O=S(=O)([O-])[O-]. The molecule has 0 aromatic carbocycles. The Morgan fingerprint density at radius 1 is 0.909 bits per heavy atom. The topological polar surface area (TPSA) is 80.3 Å². The van der Waals surface area contributed by atoms with Crippen molar-refractivity contribution in [2.45, 2.75) is 0 Å². The first-order chi connectivity index (χ1) is 4.83. The van der Waals surface area contributed by atoms with Crippen molar-refractivity contribution in [1.29, 1.82) is 0 Å². The first kappa shape index (κ1) is 17.6. The molecule has 0 spiro atoms. The van der Waals surface area contributed by atoms with Crippen molar-refractivity contribution >= 4 is 33.9 Å². The van der Waals surface area contributed by atoms with Gasteiger partial charge in [-0.3, -0.25) is 8.42 Å². The van der Waals surface area contributed by atoms with E-state index in [1.807, 2.05) is 0 Å². The molecule has 0 aliphatic carbocycles. The lowest BCUT2D eigenvalue weighted by molar-refractivity contribution is 0.352. The Morgan fingerprint density at radius 3 is 0.909 bits per heavy atom. The van der Waals surface area contributed by atoms with Crippen LogP contribution < -0.4 is 0 Å². The van der Waals surface area contributed by atoms with Crippen molar-refractivity contribution in [3.63, 3.8) is 0 Å². The van der Waals surface area contributed by atoms with Gasteiger partial charge < -0.3 is 9.11 Å². The van der Waals surface area contributed by atoms with Gasteiger partial charge in [-0.15, -0.1) is 0 Å². The third-order valence-electron chi connectivity index (χ3n) is 0. The van der Waals surface area contributed by atoms with Gasteiger partial charge >= 0.3 is 0 Å². The minimum absolute atomic E-state index is 1.42. The van der Waals surface area contributed by atoms with Crippen LogP contribution in [-0.4, -0.2) is 42.5 Å². The molecular weight excluding hydrogens is 208 g/mol. The Labute approximate surface area is 76.7 Å². The summed E-state index contributed by atoms with van der Waals surface area (Å²) in [7, 11) is -5.17. The van der Waals surface area contributed by atoms with Crippen LogP contribution in [0.1, 0.15) is 0 Å². The molecule has 0 bridgehead atoms. The van der Waals surface area contributed by atoms with Gasteiger partial charge in [-0.25, -0.2) is 0 Å². The number of rotatable bonds is 0. The Hall–Kier alpha value is 0.570. The highest BCUT2D eigenvalue weighted by molar-refractivity contribution is 7.79. The van der Waals surface area contributed by atoms with Crippen molar-refractivity contribution in [1.82, 2.24) is 0 Å². The summed E-state index contributed by atoms with van der Waals surface area (Å²) in [6.07, 6.45) is 8.39. The van der Waals surface area contributed by atoms with Gasteiger partial charge in [0, 0.05) is 10.4 Å². The lowest BCUT2D eigenvalue weighted by Crippen LogP contribution is -1.91. The van der Waals surface area contributed by atoms with Crippen LogP contribution in [0.3, 0.4) is 0 Å². The number of hydrogen-bond acceptors (Lipinski definition) is 4. The normalized spacial score (nSPS) is 8.55. The summed E-state index contributed by atoms with van der Waals surface area (Å²) in [5.41, 5.74) is 0. The standard InChI is InChI=1S/2C2H6S.H2O4S/c2*1-3-2;1-5(2,3)4/h2*1-2H3;(H2,1,2,3,4). The first-order valence-corrected chi connectivity index (χ1v) is 7.37. The molecule has 0 heterocycles. The molecule has 0 aromatic heterocycles. The largest absolute Gasteiger partial charge is 0.759 e. The van der Waals surface area contributed by atoms with Gasteiger partial charge in [0.2, 0.25) is 0 Å². The third kappa shape index (κ3) is 2390. The van der Waals surface area contributed by atoms with Crippen molar-refractivity contribution < 1.29 is 17.5 Å². The Bertz CT molecular complexity index is 120. The minimum atomic E-state index is -5.17. The summed E-state index contributed by atoms with van der Waals surface area (Å²) < 4.78 is 34.1. The second-order valence-electron chi connectivity index (χ2n) is 1.30. The van der Waals surface area contributed by atoms with Crippen LogP contribution >= 0.6 is 0 Å². The molecule has 0 aliphatic heterocycles. The number of hydrogen-bond donors (Lipinski definition) is 0. The Kier molecular flexibility index (Phi) is 21.1. The van der Waals surface area contributed by atoms with Crippen LogP contribution in [0, 0.1) is 0 Å². The van der Waals surface area contributed by atoms with Gasteiger partial charge in [0.1, 0.15) is 0 Å². The van der Waals surface area contributed by atoms with Crippen LogP contribution in [0.2, 0.25) is 0 Å². The third-order valence-corrected chi connectivity index (χ3v) is 0.